The highest BCUT2D eigenvalue weighted by molar-refractivity contribution is 5.78. The molecule has 0 N–H and O–H groups in total. The summed E-state index contributed by atoms with van der Waals surface area (Å²) in [6.07, 6.45) is -0.522. The summed E-state index contributed by atoms with van der Waals surface area (Å²) in [7, 11) is 0. The van der Waals surface area contributed by atoms with Crippen molar-refractivity contribution in [2.75, 3.05) is 26.4 Å². The van der Waals surface area contributed by atoms with Gasteiger partial charge >= 0.3 is 5.97 Å². The van der Waals surface area contributed by atoms with E-state index in [4.69, 9.17) is 18.9 Å². The van der Waals surface area contributed by atoms with Crippen LogP contribution in [0.25, 0.3) is 0 Å². The first-order valence-corrected chi connectivity index (χ1v) is 6.15. The van der Waals surface area contributed by atoms with Gasteiger partial charge in [0.15, 0.2) is 0 Å². The van der Waals surface area contributed by atoms with Crippen LogP contribution in [0.4, 0.5) is 0 Å². The van der Waals surface area contributed by atoms with Crippen LogP contribution < -0.4 is 0 Å². The van der Waals surface area contributed by atoms with Gasteiger partial charge in [0.1, 0.15) is 6.10 Å². The standard InChI is InChI=1S/C12H24O5/c1-6-14-10(5)12(16-8-3,17-9-4)11(13)15-7-2/h10H,6-9H2,1-5H3. The molecular formula is C12H24O5. The Hall–Kier alpha value is -0.650. The van der Waals surface area contributed by atoms with Gasteiger partial charge in [0, 0.05) is 19.8 Å². The summed E-state index contributed by atoms with van der Waals surface area (Å²) in [5, 5.41) is 0. The van der Waals surface area contributed by atoms with Crippen molar-refractivity contribution in [3.63, 3.8) is 0 Å². The molecule has 102 valence electrons. The van der Waals surface area contributed by atoms with E-state index in [1.165, 1.54) is 0 Å². The lowest BCUT2D eigenvalue weighted by Gasteiger charge is -2.35. The van der Waals surface area contributed by atoms with Crippen molar-refractivity contribution in [2.45, 2.75) is 46.5 Å². The number of carbonyl (C=O) groups is 1. The maximum absolute atomic E-state index is 12.0. The third-order valence-electron chi connectivity index (χ3n) is 2.23. The van der Waals surface area contributed by atoms with E-state index in [0.717, 1.165) is 0 Å². The Labute approximate surface area is 103 Å². The predicted octanol–water partition coefficient (Wildman–Crippen LogP) is 1.74. The highest BCUT2D eigenvalue weighted by atomic mass is 16.7. The first-order chi connectivity index (χ1) is 8.08. The number of ether oxygens (including phenoxy) is 4. The molecule has 1 unspecified atom stereocenters. The van der Waals surface area contributed by atoms with Crippen molar-refractivity contribution < 1.29 is 23.7 Å². The second kappa shape index (κ2) is 8.44. The van der Waals surface area contributed by atoms with Crippen LogP contribution in [0.15, 0.2) is 0 Å². The fourth-order valence-corrected chi connectivity index (χ4v) is 1.58. The van der Waals surface area contributed by atoms with Crippen LogP contribution in [0.5, 0.6) is 0 Å². The number of esters is 1. The zero-order valence-corrected chi connectivity index (χ0v) is 11.4. The Kier molecular flexibility index (Phi) is 8.12. The van der Waals surface area contributed by atoms with Crippen LogP contribution in [0.2, 0.25) is 0 Å². The molecule has 0 aromatic carbocycles. The van der Waals surface area contributed by atoms with Gasteiger partial charge in [-0.1, -0.05) is 0 Å². The molecule has 0 amide bonds. The molecule has 0 aromatic heterocycles. The molecule has 0 aliphatic rings. The molecule has 0 spiro atoms. The average Bonchev–Trinajstić information content (AvgIpc) is 2.29. The van der Waals surface area contributed by atoms with E-state index in [1.54, 1.807) is 27.7 Å². The number of carbonyl (C=O) groups excluding carboxylic acids is 1. The molecule has 17 heavy (non-hydrogen) atoms. The normalized spacial score (nSPS) is 13.5. The minimum atomic E-state index is -1.46. The first kappa shape index (κ1) is 16.4. The smallest absolute Gasteiger partial charge is 0.369 e. The fourth-order valence-electron chi connectivity index (χ4n) is 1.58. The molecule has 0 aliphatic heterocycles. The zero-order valence-electron chi connectivity index (χ0n) is 11.4. The summed E-state index contributed by atoms with van der Waals surface area (Å²) in [5.41, 5.74) is 0. The van der Waals surface area contributed by atoms with Crippen LogP contribution in [0.3, 0.4) is 0 Å². The van der Waals surface area contributed by atoms with E-state index in [2.05, 4.69) is 0 Å². The molecule has 0 bridgehead atoms. The molecule has 0 radical (unpaired) electrons. The highest BCUT2D eigenvalue weighted by Crippen LogP contribution is 2.23. The van der Waals surface area contributed by atoms with Gasteiger partial charge in [0.2, 0.25) is 0 Å². The second-order valence-corrected chi connectivity index (χ2v) is 3.35. The maximum Gasteiger partial charge on any atom is 0.369 e. The van der Waals surface area contributed by atoms with Crippen molar-refractivity contribution in [1.29, 1.82) is 0 Å². The third-order valence-corrected chi connectivity index (χ3v) is 2.23. The van der Waals surface area contributed by atoms with Crippen molar-refractivity contribution in [1.82, 2.24) is 0 Å². The number of hydrogen-bond donors (Lipinski definition) is 0. The SMILES string of the molecule is CCOC(=O)C(OCC)(OCC)C(C)OCC. The van der Waals surface area contributed by atoms with Gasteiger partial charge in [-0.3, -0.25) is 0 Å². The number of hydrogen-bond acceptors (Lipinski definition) is 5. The zero-order chi connectivity index (χ0) is 13.3. The molecule has 5 nitrogen and oxygen atoms in total. The Balaban J connectivity index is 5.01. The van der Waals surface area contributed by atoms with Crippen LogP contribution in [0.1, 0.15) is 34.6 Å². The van der Waals surface area contributed by atoms with Gasteiger partial charge in [-0.25, -0.2) is 4.79 Å². The Morgan fingerprint density at radius 3 is 1.88 bits per heavy atom. The second-order valence-electron chi connectivity index (χ2n) is 3.35. The minimum absolute atomic E-state index is 0.277. The Morgan fingerprint density at radius 2 is 1.53 bits per heavy atom. The van der Waals surface area contributed by atoms with Crippen molar-refractivity contribution in [2.24, 2.45) is 0 Å². The molecule has 0 aromatic rings. The van der Waals surface area contributed by atoms with Gasteiger partial charge in [-0.15, -0.1) is 0 Å². The molecule has 0 saturated carbocycles. The molecule has 0 saturated heterocycles. The highest BCUT2D eigenvalue weighted by Gasteiger charge is 2.48. The fraction of sp³-hybridized carbons (Fsp3) is 0.917. The third kappa shape index (κ3) is 4.26. The number of rotatable bonds is 9. The molecule has 1 atom stereocenters. The van der Waals surface area contributed by atoms with Gasteiger partial charge in [-0.2, -0.15) is 0 Å². The summed E-state index contributed by atoms with van der Waals surface area (Å²) in [6.45, 7) is 10.4. The van der Waals surface area contributed by atoms with E-state index in [-0.39, 0.29) is 6.61 Å². The monoisotopic (exact) mass is 248 g/mol. The van der Waals surface area contributed by atoms with Gasteiger partial charge in [0.25, 0.3) is 5.79 Å². The van der Waals surface area contributed by atoms with E-state index in [1.807, 2.05) is 6.92 Å². The van der Waals surface area contributed by atoms with Crippen LogP contribution >= 0.6 is 0 Å². The lowest BCUT2D eigenvalue weighted by atomic mass is 10.1. The topological polar surface area (TPSA) is 54.0 Å². The lowest BCUT2D eigenvalue weighted by molar-refractivity contribution is -0.282. The van der Waals surface area contributed by atoms with Gasteiger partial charge in [-0.05, 0) is 34.6 Å². The molecular weight excluding hydrogens is 224 g/mol. The van der Waals surface area contributed by atoms with Crippen molar-refractivity contribution >= 4 is 5.97 Å². The van der Waals surface area contributed by atoms with E-state index >= 15 is 0 Å². The van der Waals surface area contributed by atoms with E-state index in [9.17, 15) is 4.79 Å². The largest absolute Gasteiger partial charge is 0.462 e. The summed E-state index contributed by atoms with van der Waals surface area (Å²) in [6, 6.07) is 0. The molecule has 0 rings (SSSR count). The van der Waals surface area contributed by atoms with E-state index in [0.29, 0.717) is 19.8 Å². The Morgan fingerprint density at radius 1 is 1.00 bits per heavy atom. The molecule has 0 heterocycles. The first-order valence-electron chi connectivity index (χ1n) is 6.15. The minimum Gasteiger partial charge on any atom is -0.462 e. The summed E-state index contributed by atoms with van der Waals surface area (Å²) >= 11 is 0. The molecule has 5 heteroatoms. The van der Waals surface area contributed by atoms with Gasteiger partial charge in [0.05, 0.1) is 6.61 Å². The van der Waals surface area contributed by atoms with Crippen LogP contribution in [0, 0.1) is 0 Å². The van der Waals surface area contributed by atoms with E-state index < -0.39 is 17.9 Å². The average molecular weight is 248 g/mol. The van der Waals surface area contributed by atoms with Gasteiger partial charge < -0.3 is 18.9 Å². The van der Waals surface area contributed by atoms with Crippen LogP contribution in [-0.4, -0.2) is 44.3 Å². The molecule has 0 aliphatic carbocycles. The van der Waals surface area contributed by atoms with Crippen molar-refractivity contribution in [3.05, 3.63) is 0 Å². The summed E-state index contributed by atoms with van der Waals surface area (Å²) in [5.74, 6) is -2.00. The van der Waals surface area contributed by atoms with Crippen molar-refractivity contribution in [3.8, 4) is 0 Å². The quantitative estimate of drug-likeness (QED) is 0.459. The summed E-state index contributed by atoms with van der Waals surface area (Å²) < 4.78 is 21.4. The maximum atomic E-state index is 12.0. The Bertz CT molecular complexity index is 211. The predicted molar refractivity (Wildman–Crippen MR) is 63.7 cm³/mol. The summed E-state index contributed by atoms with van der Waals surface area (Å²) in [4.78, 5) is 12.0. The lowest BCUT2D eigenvalue weighted by Crippen LogP contribution is -2.55. The molecule has 0 fully saturated rings. The van der Waals surface area contributed by atoms with Crippen LogP contribution in [-0.2, 0) is 23.7 Å².